The van der Waals surface area contributed by atoms with Gasteiger partial charge >= 0.3 is 0 Å². The van der Waals surface area contributed by atoms with Gasteiger partial charge in [-0.1, -0.05) is 0 Å². The van der Waals surface area contributed by atoms with Crippen molar-refractivity contribution in [1.82, 2.24) is 0 Å². The monoisotopic (exact) mass is 194 g/mol. The number of nitro benzene ring substituents is 1. The van der Waals surface area contributed by atoms with Gasteiger partial charge in [0.25, 0.3) is 5.69 Å². The fourth-order valence-corrected chi connectivity index (χ4v) is 1.32. The summed E-state index contributed by atoms with van der Waals surface area (Å²) in [6, 6.07) is 2.89. The normalized spacial score (nSPS) is 9.86. The van der Waals surface area contributed by atoms with Gasteiger partial charge in [-0.25, -0.2) is 0 Å². The second-order valence-electron chi connectivity index (χ2n) is 3.06. The zero-order chi connectivity index (χ0) is 10.9. The summed E-state index contributed by atoms with van der Waals surface area (Å²) in [4.78, 5) is 21.1. The molecule has 0 aromatic heterocycles. The standard InChI is InChI=1S/C9H10N2O3/c1-5-3-7(10)9(6(2)12)8(4-5)11(13)14/h3-4H,10H2,1-2H3. The summed E-state index contributed by atoms with van der Waals surface area (Å²) in [5, 5.41) is 10.6. The molecule has 5 heteroatoms. The lowest BCUT2D eigenvalue weighted by Crippen LogP contribution is -2.05. The molecule has 0 aliphatic carbocycles. The first-order valence-corrected chi connectivity index (χ1v) is 3.99. The number of Topliss-reactive ketones (excluding diaryl/α,β-unsaturated/α-hetero) is 1. The number of hydrogen-bond donors (Lipinski definition) is 1. The lowest BCUT2D eigenvalue weighted by Gasteiger charge is -2.04. The third kappa shape index (κ3) is 1.71. The van der Waals surface area contributed by atoms with Crippen LogP contribution in [0.1, 0.15) is 22.8 Å². The molecule has 0 heterocycles. The molecule has 14 heavy (non-hydrogen) atoms. The Labute approximate surface area is 80.7 Å². The third-order valence-electron chi connectivity index (χ3n) is 1.84. The van der Waals surface area contributed by atoms with Gasteiger partial charge in [0.2, 0.25) is 0 Å². The Balaban J connectivity index is 3.52. The van der Waals surface area contributed by atoms with Gasteiger partial charge in [-0.2, -0.15) is 0 Å². The van der Waals surface area contributed by atoms with Gasteiger partial charge in [-0.3, -0.25) is 14.9 Å². The van der Waals surface area contributed by atoms with E-state index in [1.54, 1.807) is 13.0 Å². The lowest BCUT2D eigenvalue weighted by molar-refractivity contribution is -0.385. The van der Waals surface area contributed by atoms with Crippen LogP contribution in [0.25, 0.3) is 0 Å². The first kappa shape index (κ1) is 10.2. The molecule has 0 amide bonds. The maximum absolute atomic E-state index is 11.1. The molecule has 0 unspecified atom stereocenters. The molecule has 0 radical (unpaired) electrons. The Hall–Kier alpha value is -1.91. The van der Waals surface area contributed by atoms with E-state index in [0.717, 1.165) is 0 Å². The SMILES string of the molecule is CC(=O)c1c(N)cc(C)cc1[N+](=O)[O-]. The van der Waals surface area contributed by atoms with Crippen LogP contribution in [-0.2, 0) is 0 Å². The Morgan fingerprint density at radius 2 is 2.07 bits per heavy atom. The number of nitrogens with two attached hydrogens (primary N) is 1. The molecule has 1 aromatic carbocycles. The number of nitrogens with zero attached hydrogens (tertiary/aromatic N) is 1. The van der Waals surface area contributed by atoms with Crippen molar-refractivity contribution in [2.24, 2.45) is 0 Å². The highest BCUT2D eigenvalue weighted by Crippen LogP contribution is 2.26. The molecule has 5 nitrogen and oxygen atoms in total. The van der Waals surface area contributed by atoms with Crippen LogP contribution in [0, 0.1) is 17.0 Å². The first-order valence-electron chi connectivity index (χ1n) is 3.99. The second-order valence-corrected chi connectivity index (χ2v) is 3.06. The van der Waals surface area contributed by atoms with Crippen LogP contribution in [-0.4, -0.2) is 10.7 Å². The number of carbonyl (C=O) groups is 1. The summed E-state index contributed by atoms with van der Waals surface area (Å²) in [6.45, 7) is 2.95. The fourth-order valence-electron chi connectivity index (χ4n) is 1.32. The maximum Gasteiger partial charge on any atom is 0.282 e. The molecule has 0 saturated carbocycles. The van der Waals surface area contributed by atoms with E-state index in [0.29, 0.717) is 5.56 Å². The van der Waals surface area contributed by atoms with E-state index < -0.39 is 10.7 Å². The van der Waals surface area contributed by atoms with Crippen molar-refractivity contribution in [1.29, 1.82) is 0 Å². The number of nitro groups is 1. The van der Waals surface area contributed by atoms with Crippen molar-refractivity contribution < 1.29 is 9.72 Å². The van der Waals surface area contributed by atoms with Crippen LogP contribution in [0.15, 0.2) is 12.1 Å². The molecule has 1 rings (SSSR count). The van der Waals surface area contributed by atoms with Gasteiger partial charge in [0.1, 0.15) is 5.56 Å². The number of anilines is 1. The van der Waals surface area contributed by atoms with Crippen LogP contribution >= 0.6 is 0 Å². The van der Waals surface area contributed by atoms with Gasteiger partial charge < -0.3 is 5.73 Å². The maximum atomic E-state index is 11.1. The van der Waals surface area contributed by atoms with Crippen molar-refractivity contribution in [2.75, 3.05) is 5.73 Å². The van der Waals surface area contributed by atoms with Crippen LogP contribution in [0.4, 0.5) is 11.4 Å². The number of rotatable bonds is 2. The number of ketones is 1. The first-order chi connectivity index (χ1) is 6.43. The lowest BCUT2D eigenvalue weighted by atomic mass is 10.0. The van der Waals surface area contributed by atoms with Crippen molar-refractivity contribution in [3.8, 4) is 0 Å². The van der Waals surface area contributed by atoms with Crippen LogP contribution in [0.3, 0.4) is 0 Å². The predicted octanol–water partition coefficient (Wildman–Crippen LogP) is 1.69. The van der Waals surface area contributed by atoms with Crippen LogP contribution in [0.2, 0.25) is 0 Å². The van der Waals surface area contributed by atoms with E-state index in [1.165, 1.54) is 13.0 Å². The average molecular weight is 194 g/mol. The zero-order valence-electron chi connectivity index (χ0n) is 7.90. The Morgan fingerprint density at radius 1 is 1.50 bits per heavy atom. The summed E-state index contributed by atoms with van der Waals surface area (Å²) in [7, 11) is 0. The van der Waals surface area contributed by atoms with Gasteiger partial charge in [0, 0.05) is 11.8 Å². The zero-order valence-corrected chi connectivity index (χ0v) is 7.90. The number of nitrogen functional groups attached to an aromatic ring is 1. The quantitative estimate of drug-likeness (QED) is 0.336. The highest BCUT2D eigenvalue weighted by atomic mass is 16.6. The number of carbonyl (C=O) groups excluding carboxylic acids is 1. The molecule has 0 spiro atoms. The Kier molecular flexibility index (Phi) is 2.51. The molecule has 74 valence electrons. The molecule has 0 saturated heterocycles. The number of hydrogen-bond acceptors (Lipinski definition) is 4. The summed E-state index contributed by atoms with van der Waals surface area (Å²) < 4.78 is 0. The highest BCUT2D eigenvalue weighted by Gasteiger charge is 2.20. The molecule has 0 bridgehead atoms. The van der Waals surface area contributed by atoms with Crippen molar-refractivity contribution in [2.45, 2.75) is 13.8 Å². The largest absolute Gasteiger partial charge is 0.398 e. The molecule has 0 aliphatic rings. The second kappa shape index (κ2) is 3.45. The Morgan fingerprint density at radius 3 is 2.50 bits per heavy atom. The average Bonchev–Trinajstić information content (AvgIpc) is 2.01. The van der Waals surface area contributed by atoms with Crippen LogP contribution < -0.4 is 5.73 Å². The van der Waals surface area contributed by atoms with Crippen molar-refractivity contribution in [3.63, 3.8) is 0 Å². The molecule has 0 fully saturated rings. The van der Waals surface area contributed by atoms with E-state index in [2.05, 4.69) is 0 Å². The molecular weight excluding hydrogens is 184 g/mol. The molecule has 0 aliphatic heterocycles. The van der Waals surface area contributed by atoms with Gasteiger partial charge in [0.15, 0.2) is 5.78 Å². The van der Waals surface area contributed by atoms with E-state index in [4.69, 9.17) is 5.73 Å². The van der Waals surface area contributed by atoms with E-state index >= 15 is 0 Å². The summed E-state index contributed by atoms with van der Waals surface area (Å²) in [5.41, 5.74) is 6.12. The minimum Gasteiger partial charge on any atom is -0.398 e. The molecule has 2 N–H and O–H groups in total. The minimum atomic E-state index is -0.597. The van der Waals surface area contributed by atoms with Crippen LogP contribution in [0.5, 0.6) is 0 Å². The highest BCUT2D eigenvalue weighted by molar-refractivity contribution is 6.03. The number of aryl methyl sites for hydroxylation is 1. The van der Waals surface area contributed by atoms with Crippen molar-refractivity contribution in [3.05, 3.63) is 33.4 Å². The topological polar surface area (TPSA) is 86.2 Å². The minimum absolute atomic E-state index is 0.0133. The Bertz CT molecular complexity index is 413. The van der Waals surface area contributed by atoms with Gasteiger partial charge in [-0.05, 0) is 25.5 Å². The summed E-state index contributed by atoms with van der Waals surface area (Å²) in [5.74, 6) is -0.394. The molecule has 0 atom stereocenters. The predicted molar refractivity (Wildman–Crippen MR) is 52.3 cm³/mol. The van der Waals surface area contributed by atoms with Gasteiger partial charge in [0.05, 0.1) is 4.92 Å². The summed E-state index contributed by atoms with van der Waals surface area (Å²) in [6.07, 6.45) is 0. The van der Waals surface area contributed by atoms with E-state index in [1.807, 2.05) is 0 Å². The molecule has 1 aromatic rings. The van der Waals surface area contributed by atoms with Crippen molar-refractivity contribution >= 4 is 17.2 Å². The third-order valence-corrected chi connectivity index (χ3v) is 1.84. The van der Waals surface area contributed by atoms with Gasteiger partial charge in [-0.15, -0.1) is 0 Å². The summed E-state index contributed by atoms with van der Waals surface area (Å²) >= 11 is 0. The fraction of sp³-hybridized carbons (Fsp3) is 0.222. The molecular formula is C9H10N2O3. The number of benzene rings is 1. The smallest absolute Gasteiger partial charge is 0.282 e. The van der Waals surface area contributed by atoms with E-state index in [-0.39, 0.29) is 16.9 Å². The van der Waals surface area contributed by atoms with E-state index in [9.17, 15) is 14.9 Å².